The number of hydrogen-bond donors (Lipinski definition) is 1. The maximum absolute atomic E-state index is 5.72. The summed E-state index contributed by atoms with van der Waals surface area (Å²) in [7, 11) is 2.15. The van der Waals surface area contributed by atoms with E-state index in [2.05, 4.69) is 21.9 Å². The highest BCUT2D eigenvalue weighted by atomic mass is 15.1. The fourth-order valence-electron chi connectivity index (χ4n) is 2.09. The number of likely N-dealkylation sites (N-methyl/N-ethyl adjacent to an activating group) is 1. The van der Waals surface area contributed by atoms with E-state index in [9.17, 15) is 0 Å². The minimum absolute atomic E-state index is 0.523. The fourth-order valence-corrected chi connectivity index (χ4v) is 2.09. The molecule has 0 saturated heterocycles. The molecule has 0 spiro atoms. The van der Waals surface area contributed by atoms with Crippen LogP contribution < -0.4 is 5.73 Å². The first kappa shape index (κ1) is 10.5. The van der Waals surface area contributed by atoms with Crippen LogP contribution in [0.15, 0.2) is 0 Å². The van der Waals surface area contributed by atoms with Gasteiger partial charge in [-0.1, -0.05) is 0 Å². The van der Waals surface area contributed by atoms with Gasteiger partial charge in [0.25, 0.3) is 0 Å². The minimum Gasteiger partial charge on any atom is -0.325 e. The zero-order valence-electron chi connectivity index (χ0n) is 9.45. The van der Waals surface area contributed by atoms with E-state index in [1.165, 1.54) is 11.3 Å². The molecule has 1 aliphatic heterocycles. The molecule has 1 aliphatic rings. The summed E-state index contributed by atoms with van der Waals surface area (Å²) in [5.41, 5.74) is 9.25. The van der Waals surface area contributed by atoms with Gasteiger partial charge in [-0.15, -0.1) is 0 Å². The summed E-state index contributed by atoms with van der Waals surface area (Å²) in [5.74, 6) is 0.846. The molecule has 15 heavy (non-hydrogen) atoms. The van der Waals surface area contributed by atoms with Crippen molar-refractivity contribution in [2.45, 2.75) is 26.3 Å². The second-order valence-corrected chi connectivity index (χ2v) is 4.15. The fraction of sp³-hybridized carbons (Fsp3) is 0.636. The third-order valence-corrected chi connectivity index (χ3v) is 2.96. The van der Waals surface area contributed by atoms with Crippen LogP contribution in [0, 0.1) is 6.92 Å². The summed E-state index contributed by atoms with van der Waals surface area (Å²) >= 11 is 0. The van der Waals surface area contributed by atoms with Gasteiger partial charge in [-0.2, -0.15) is 0 Å². The van der Waals surface area contributed by atoms with Crippen molar-refractivity contribution in [1.82, 2.24) is 14.9 Å². The van der Waals surface area contributed by atoms with Gasteiger partial charge in [-0.3, -0.25) is 0 Å². The number of rotatable bonds is 1. The molecule has 0 aliphatic carbocycles. The van der Waals surface area contributed by atoms with Crippen LogP contribution in [0.4, 0.5) is 0 Å². The van der Waals surface area contributed by atoms with Gasteiger partial charge >= 0.3 is 0 Å². The van der Waals surface area contributed by atoms with Crippen LogP contribution in [0.5, 0.6) is 0 Å². The van der Waals surface area contributed by atoms with Crippen LogP contribution in [0.25, 0.3) is 0 Å². The highest BCUT2D eigenvalue weighted by Crippen LogP contribution is 2.16. The van der Waals surface area contributed by atoms with E-state index in [0.717, 1.165) is 37.4 Å². The van der Waals surface area contributed by atoms with Crippen LogP contribution in [-0.2, 0) is 19.4 Å². The van der Waals surface area contributed by atoms with Crippen LogP contribution in [0.3, 0.4) is 0 Å². The molecule has 0 radical (unpaired) electrons. The van der Waals surface area contributed by atoms with E-state index in [1.54, 1.807) is 0 Å². The summed E-state index contributed by atoms with van der Waals surface area (Å²) in [5, 5.41) is 0. The van der Waals surface area contributed by atoms with Crippen molar-refractivity contribution in [2.75, 3.05) is 20.1 Å². The molecule has 2 heterocycles. The van der Waals surface area contributed by atoms with Crippen molar-refractivity contribution in [3.8, 4) is 0 Å². The Balaban J connectivity index is 2.41. The van der Waals surface area contributed by atoms with Gasteiger partial charge in [0.15, 0.2) is 0 Å². The Hall–Kier alpha value is -1.00. The third kappa shape index (κ3) is 2.16. The topological polar surface area (TPSA) is 55.0 Å². The van der Waals surface area contributed by atoms with Gasteiger partial charge in [0.05, 0.1) is 5.69 Å². The highest BCUT2D eigenvalue weighted by molar-refractivity contribution is 5.27. The Morgan fingerprint density at radius 1 is 1.27 bits per heavy atom. The predicted octanol–water partition coefficient (Wildman–Crippen LogP) is 0.274. The van der Waals surface area contributed by atoms with E-state index >= 15 is 0 Å². The van der Waals surface area contributed by atoms with E-state index < -0.39 is 0 Å². The van der Waals surface area contributed by atoms with Crippen LogP contribution >= 0.6 is 0 Å². The van der Waals surface area contributed by atoms with Gasteiger partial charge in [0.1, 0.15) is 5.82 Å². The smallest absolute Gasteiger partial charge is 0.125 e. The zero-order valence-corrected chi connectivity index (χ0v) is 9.45. The molecule has 1 aromatic rings. The lowest BCUT2D eigenvalue weighted by Gasteiger charge is -2.11. The number of hydrogen-bond acceptors (Lipinski definition) is 4. The Bertz CT molecular complexity index is 362. The lowest BCUT2D eigenvalue weighted by molar-refractivity contribution is 0.351. The third-order valence-electron chi connectivity index (χ3n) is 2.96. The summed E-state index contributed by atoms with van der Waals surface area (Å²) in [6.45, 7) is 4.61. The van der Waals surface area contributed by atoms with E-state index in [-0.39, 0.29) is 0 Å². The molecule has 4 nitrogen and oxygen atoms in total. The van der Waals surface area contributed by atoms with Crippen molar-refractivity contribution >= 4 is 0 Å². The van der Waals surface area contributed by atoms with Gasteiger partial charge in [-0.05, 0) is 26.0 Å². The Kier molecular flexibility index (Phi) is 2.98. The summed E-state index contributed by atoms with van der Waals surface area (Å²) in [6.07, 6.45) is 2.04. The maximum Gasteiger partial charge on any atom is 0.125 e. The average Bonchev–Trinajstić information content (AvgIpc) is 2.40. The molecule has 2 rings (SSSR count). The maximum atomic E-state index is 5.72. The van der Waals surface area contributed by atoms with Crippen molar-refractivity contribution in [3.63, 3.8) is 0 Å². The van der Waals surface area contributed by atoms with Gasteiger partial charge < -0.3 is 10.6 Å². The van der Waals surface area contributed by atoms with Crippen LogP contribution in [0.1, 0.15) is 22.8 Å². The Morgan fingerprint density at radius 3 is 2.73 bits per heavy atom. The van der Waals surface area contributed by atoms with E-state index in [0.29, 0.717) is 6.54 Å². The van der Waals surface area contributed by atoms with E-state index in [4.69, 9.17) is 5.73 Å². The summed E-state index contributed by atoms with van der Waals surface area (Å²) < 4.78 is 0. The summed E-state index contributed by atoms with van der Waals surface area (Å²) in [6, 6.07) is 0. The standard InChI is InChI=1S/C11H18N4/c1-8-13-10-4-6-15(2)5-3-9(10)11(7-12)14-8/h3-7,12H2,1-2H3. The van der Waals surface area contributed by atoms with Gasteiger partial charge in [0.2, 0.25) is 0 Å². The molecule has 0 saturated carbocycles. The zero-order chi connectivity index (χ0) is 10.8. The monoisotopic (exact) mass is 206 g/mol. The van der Waals surface area contributed by atoms with Crippen LogP contribution in [0.2, 0.25) is 0 Å². The lowest BCUT2D eigenvalue weighted by Crippen LogP contribution is -2.20. The normalized spacial score (nSPS) is 17.3. The molecule has 2 N–H and O–H groups in total. The SMILES string of the molecule is Cc1nc(CN)c2c(n1)CCN(C)CC2. The number of aromatic nitrogens is 2. The number of aryl methyl sites for hydroxylation is 1. The molecule has 0 fully saturated rings. The van der Waals surface area contributed by atoms with Gasteiger partial charge in [-0.25, -0.2) is 9.97 Å². The minimum atomic E-state index is 0.523. The Morgan fingerprint density at radius 2 is 2.00 bits per heavy atom. The molecule has 0 bridgehead atoms. The number of nitrogens with zero attached hydrogens (tertiary/aromatic N) is 3. The second-order valence-electron chi connectivity index (χ2n) is 4.15. The number of fused-ring (bicyclic) bond motifs is 1. The molecule has 0 unspecified atom stereocenters. The highest BCUT2D eigenvalue weighted by Gasteiger charge is 2.16. The van der Waals surface area contributed by atoms with Crippen molar-refractivity contribution in [1.29, 1.82) is 0 Å². The molecular formula is C11H18N4. The summed E-state index contributed by atoms with van der Waals surface area (Å²) in [4.78, 5) is 11.3. The van der Waals surface area contributed by atoms with Crippen molar-refractivity contribution in [3.05, 3.63) is 22.8 Å². The van der Waals surface area contributed by atoms with Crippen molar-refractivity contribution < 1.29 is 0 Å². The molecule has 0 aromatic carbocycles. The molecule has 0 amide bonds. The van der Waals surface area contributed by atoms with Crippen LogP contribution in [-0.4, -0.2) is 35.0 Å². The lowest BCUT2D eigenvalue weighted by atomic mass is 10.1. The average molecular weight is 206 g/mol. The molecule has 1 aromatic heterocycles. The van der Waals surface area contributed by atoms with Gasteiger partial charge in [0, 0.05) is 31.7 Å². The Labute approximate surface area is 90.5 Å². The first-order valence-electron chi connectivity index (χ1n) is 5.44. The van der Waals surface area contributed by atoms with Crippen molar-refractivity contribution in [2.24, 2.45) is 5.73 Å². The molecule has 0 atom stereocenters. The predicted molar refractivity (Wildman–Crippen MR) is 59.6 cm³/mol. The quantitative estimate of drug-likeness (QED) is 0.717. The first-order chi connectivity index (χ1) is 7.20. The largest absolute Gasteiger partial charge is 0.325 e. The second kappa shape index (κ2) is 4.24. The molecular weight excluding hydrogens is 188 g/mol. The first-order valence-corrected chi connectivity index (χ1v) is 5.44. The molecule has 4 heteroatoms. The molecule has 82 valence electrons. The number of nitrogens with two attached hydrogens (primary N) is 1. The van der Waals surface area contributed by atoms with E-state index in [1.807, 2.05) is 6.92 Å².